The van der Waals surface area contributed by atoms with Crippen LogP contribution in [0.3, 0.4) is 0 Å². The summed E-state index contributed by atoms with van der Waals surface area (Å²) >= 11 is 0. The predicted molar refractivity (Wildman–Crippen MR) is 78.7 cm³/mol. The summed E-state index contributed by atoms with van der Waals surface area (Å²) in [5.41, 5.74) is -0.462. The Bertz CT molecular complexity index is 537. The molecular formula is C15H21NO6. The first-order chi connectivity index (χ1) is 10.1. The number of rotatable bonds is 5. The molecule has 0 saturated heterocycles. The highest BCUT2D eigenvalue weighted by Gasteiger charge is 2.31. The summed E-state index contributed by atoms with van der Waals surface area (Å²) in [6.07, 6.45) is -2.36. The summed E-state index contributed by atoms with van der Waals surface area (Å²) < 4.78 is 10.0. The molecule has 0 spiro atoms. The third-order valence-corrected chi connectivity index (χ3v) is 2.69. The van der Waals surface area contributed by atoms with Crippen molar-refractivity contribution in [2.24, 2.45) is 0 Å². The molecule has 3 N–H and O–H groups in total. The van der Waals surface area contributed by atoms with Gasteiger partial charge in [0.2, 0.25) is 0 Å². The quantitative estimate of drug-likeness (QED) is 0.764. The van der Waals surface area contributed by atoms with Gasteiger partial charge in [-0.2, -0.15) is 0 Å². The van der Waals surface area contributed by atoms with Crippen LogP contribution in [-0.4, -0.2) is 41.0 Å². The number of amides is 1. The number of carbonyl (C=O) groups is 2. The Kier molecular flexibility index (Phi) is 5.76. The molecule has 1 rings (SSSR count). The van der Waals surface area contributed by atoms with E-state index >= 15 is 0 Å². The molecule has 0 radical (unpaired) electrons. The molecular weight excluding hydrogens is 290 g/mol. The largest absolute Gasteiger partial charge is 0.497 e. The third kappa shape index (κ3) is 5.25. The molecule has 1 amide bonds. The first-order valence-electron chi connectivity index (χ1n) is 6.68. The normalized spacial score (nSPS) is 13.9. The molecule has 1 aromatic carbocycles. The van der Waals surface area contributed by atoms with Gasteiger partial charge in [0.05, 0.1) is 7.11 Å². The number of alkyl carbamates (subject to hydrolysis) is 1. The van der Waals surface area contributed by atoms with E-state index in [1.807, 2.05) is 0 Å². The molecule has 0 saturated carbocycles. The van der Waals surface area contributed by atoms with E-state index in [9.17, 15) is 19.8 Å². The van der Waals surface area contributed by atoms with Crippen LogP contribution in [0.1, 0.15) is 32.4 Å². The van der Waals surface area contributed by atoms with Crippen LogP contribution in [0.5, 0.6) is 5.75 Å². The first kappa shape index (κ1) is 17.8. The lowest BCUT2D eigenvalue weighted by Gasteiger charge is -2.24. The van der Waals surface area contributed by atoms with Crippen molar-refractivity contribution in [1.82, 2.24) is 5.32 Å². The minimum absolute atomic E-state index is 0.308. The zero-order valence-electron chi connectivity index (χ0n) is 13.0. The molecule has 22 heavy (non-hydrogen) atoms. The molecule has 7 heteroatoms. The third-order valence-electron chi connectivity index (χ3n) is 2.69. The number of carboxylic acids is 1. The van der Waals surface area contributed by atoms with Crippen LogP contribution in [0.4, 0.5) is 4.79 Å². The molecule has 122 valence electrons. The van der Waals surface area contributed by atoms with E-state index in [2.05, 4.69) is 5.32 Å². The van der Waals surface area contributed by atoms with Gasteiger partial charge in [0.15, 0.2) is 6.04 Å². The van der Waals surface area contributed by atoms with Gasteiger partial charge in [-0.25, -0.2) is 9.59 Å². The van der Waals surface area contributed by atoms with E-state index < -0.39 is 29.8 Å². The smallest absolute Gasteiger partial charge is 0.408 e. The maximum atomic E-state index is 11.7. The van der Waals surface area contributed by atoms with Crippen LogP contribution in [0.25, 0.3) is 0 Å². The highest BCUT2D eigenvalue weighted by molar-refractivity contribution is 5.80. The van der Waals surface area contributed by atoms with E-state index in [1.54, 1.807) is 39.0 Å². The van der Waals surface area contributed by atoms with Crippen LogP contribution < -0.4 is 10.1 Å². The van der Waals surface area contributed by atoms with Gasteiger partial charge in [0.1, 0.15) is 17.5 Å². The van der Waals surface area contributed by atoms with Gasteiger partial charge >= 0.3 is 12.1 Å². The minimum Gasteiger partial charge on any atom is -0.497 e. The number of carboxylic acid groups (broad SMARTS) is 1. The summed E-state index contributed by atoms with van der Waals surface area (Å²) in [6, 6.07) is 4.77. The fraction of sp³-hybridized carbons (Fsp3) is 0.467. The van der Waals surface area contributed by atoms with Crippen LogP contribution >= 0.6 is 0 Å². The Morgan fingerprint density at radius 2 is 1.91 bits per heavy atom. The molecule has 7 nitrogen and oxygen atoms in total. The molecule has 0 aromatic heterocycles. The average molecular weight is 311 g/mol. The monoisotopic (exact) mass is 311 g/mol. The molecule has 0 bridgehead atoms. The van der Waals surface area contributed by atoms with Gasteiger partial charge in [-0.05, 0) is 38.5 Å². The van der Waals surface area contributed by atoms with E-state index in [-0.39, 0.29) is 0 Å². The zero-order chi connectivity index (χ0) is 16.9. The Morgan fingerprint density at radius 3 is 2.41 bits per heavy atom. The molecule has 1 aromatic rings. The minimum atomic E-state index is -1.54. The highest BCUT2D eigenvalue weighted by atomic mass is 16.6. The summed E-state index contributed by atoms with van der Waals surface area (Å²) in [5.74, 6) is -0.904. The maximum Gasteiger partial charge on any atom is 0.408 e. The van der Waals surface area contributed by atoms with Gasteiger partial charge in [0, 0.05) is 0 Å². The summed E-state index contributed by atoms with van der Waals surface area (Å²) in [5, 5.41) is 21.6. The molecule has 2 atom stereocenters. The van der Waals surface area contributed by atoms with Crippen molar-refractivity contribution in [3.63, 3.8) is 0 Å². The van der Waals surface area contributed by atoms with Crippen LogP contribution in [-0.2, 0) is 9.53 Å². The highest BCUT2D eigenvalue weighted by Crippen LogP contribution is 2.22. The number of aliphatic hydroxyl groups is 1. The van der Waals surface area contributed by atoms with Gasteiger partial charge in [-0.15, -0.1) is 0 Å². The Balaban J connectivity index is 2.90. The van der Waals surface area contributed by atoms with Gasteiger partial charge in [-0.3, -0.25) is 0 Å². The van der Waals surface area contributed by atoms with Crippen molar-refractivity contribution in [1.29, 1.82) is 0 Å². The predicted octanol–water partition coefficient (Wildman–Crippen LogP) is 1.71. The zero-order valence-corrected chi connectivity index (χ0v) is 13.0. The molecule has 0 aliphatic carbocycles. The number of hydrogen-bond acceptors (Lipinski definition) is 5. The SMILES string of the molecule is COc1cccc(C(O)C(NC(=O)OC(C)(C)C)C(=O)O)c1. The van der Waals surface area contributed by atoms with Gasteiger partial charge in [0.25, 0.3) is 0 Å². The number of benzene rings is 1. The number of carbonyl (C=O) groups excluding carboxylic acids is 1. The van der Waals surface area contributed by atoms with Crippen molar-refractivity contribution < 1.29 is 29.3 Å². The van der Waals surface area contributed by atoms with E-state index in [4.69, 9.17) is 9.47 Å². The molecule has 0 heterocycles. The number of hydrogen-bond donors (Lipinski definition) is 3. The fourth-order valence-electron chi connectivity index (χ4n) is 1.73. The standard InChI is InChI=1S/C15H21NO6/c1-15(2,3)22-14(20)16-11(13(18)19)12(17)9-6-5-7-10(8-9)21-4/h5-8,11-12,17H,1-4H3,(H,16,20)(H,18,19). The number of nitrogens with one attached hydrogen (secondary N) is 1. The van der Waals surface area contributed by atoms with Crippen LogP contribution in [0, 0.1) is 0 Å². The Morgan fingerprint density at radius 1 is 1.27 bits per heavy atom. The van der Waals surface area contributed by atoms with Crippen molar-refractivity contribution in [3.8, 4) is 5.75 Å². The molecule has 0 fully saturated rings. The van der Waals surface area contributed by atoms with E-state index in [1.165, 1.54) is 13.2 Å². The van der Waals surface area contributed by atoms with E-state index in [0.29, 0.717) is 11.3 Å². The maximum absolute atomic E-state index is 11.7. The summed E-state index contributed by atoms with van der Waals surface area (Å²) in [7, 11) is 1.46. The van der Waals surface area contributed by atoms with Crippen LogP contribution in [0.2, 0.25) is 0 Å². The molecule has 0 aliphatic heterocycles. The molecule has 2 unspecified atom stereocenters. The second-order valence-electron chi connectivity index (χ2n) is 5.68. The Hall–Kier alpha value is -2.28. The Labute approximate surface area is 128 Å². The lowest BCUT2D eigenvalue weighted by molar-refractivity contribution is -0.142. The van der Waals surface area contributed by atoms with Crippen LogP contribution in [0.15, 0.2) is 24.3 Å². The van der Waals surface area contributed by atoms with Crippen molar-refractivity contribution in [2.45, 2.75) is 38.5 Å². The number of aliphatic hydroxyl groups excluding tert-OH is 1. The second kappa shape index (κ2) is 7.13. The molecule has 0 aliphatic rings. The average Bonchev–Trinajstić information content (AvgIpc) is 2.42. The lowest BCUT2D eigenvalue weighted by atomic mass is 10.0. The number of aliphatic carboxylic acids is 1. The van der Waals surface area contributed by atoms with Crippen molar-refractivity contribution in [2.75, 3.05) is 7.11 Å². The van der Waals surface area contributed by atoms with E-state index in [0.717, 1.165) is 0 Å². The topological polar surface area (TPSA) is 105 Å². The van der Waals surface area contributed by atoms with Gasteiger partial charge < -0.3 is 25.0 Å². The summed E-state index contributed by atoms with van der Waals surface area (Å²) in [6.45, 7) is 4.96. The lowest BCUT2D eigenvalue weighted by Crippen LogP contribution is -2.46. The van der Waals surface area contributed by atoms with Crippen molar-refractivity contribution >= 4 is 12.1 Å². The number of ether oxygens (including phenoxy) is 2. The number of methoxy groups -OCH3 is 1. The first-order valence-corrected chi connectivity index (χ1v) is 6.68. The van der Waals surface area contributed by atoms with Crippen molar-refractivity contribution in [3.05, 3.63) is 29.8 Å². The summed E-state index contributed by atoms with van der Waals surface area (Å²) in [4.78, 5) is 23.0. The second-order valence-corrected chi connectivity index (χ2v) is 5.68. The van der Waals surface area contributed by atoms with Gasteiger partial charge in [-0.1, -0.05) is 12.1 Å². The fourth-order valence-corrected chi connectivity index (χ4v) is 1.73.